The molecule has 10 aliphatic rings. The van der Waals surface area contributed by atoms with E-state index >= 15 is 0 Å². The number of rotatable bonds is 40. The monoisotopic (exact) mass is 1890 g/mol. The minimum absolute atomic E-state index is 0.0354. The number of hydrogen-bond acceptors (Lipinski definition) is 21. The number of ether oxygens (including phenoxy) is 6. The zero-order valence-corrected chi connectivity index (χ0v) is 80.3. The van der Waals surface area contributed by atoms with Crippen LogP contribution in [-0.2, 0) is 79.6 Å². The lowest BCUT2D eigenvalue weighted by atomic mass is 9.46. The van der Waals surface area contributed by atoms with Crippen molar-refractivity contribution >= 4 is 80.1 Å². The number of piperazine rings is 2. The molecule has 28 nitrogen and oxygen atoms in total. The Labute approximate surface area is 800 Å². The summed E-state index contributed by atoms with van der Waals surface area (Å²) in [5.74, 6) is 2.05. The standard InChI is InChI=1S/C54H69FN4O9.C27H40O5.C26H30FN5O5/c1-53-21-19-39(61)33-37(53)14-15-42-44-16-17-46(54(44,2)22-20-45(42)53)49(62)34-67-27-7-3-4-9-38(60)10-8-28-66-29-30-68-35-50(63)58-23-25-59(26-24-58)52(65)43-31-36(13-18-47(43)55)32-48-40-11-5-6-12-41(40)51(64)57-56-48;1-26-13-11-19(28)16-18(26)7-8-20-21-9-10-23(27(21,2)14-12-22(20)26)24(29)17-32-15-5-3-4-6-25(30)31;27-22-6-5-18(16-23-19-3-1-2-4-20(19)25(34)30-29-23)15-21(22)26(35)32-10-8-31(9-11-32)24(33)17-37-14-13-36-12-7-28/h5-6,11-13,18,31,33,42,44-46H,3-4,7-10,14-17,19-30,32,34-35H2,1-2H3,(H,57,64);16,20-23H,3-15,17H2,1-2H3,(H,30,31);1-6,15H,7-14,16-17,28H2,(H,30,34)/t42-,44-,45-,46+,53-,54-;20-,21-,22-,23+,26-,27-;/m00./s1. The highest BCUT2D eigenvalue weighted by molar-refractivity contribution is 5.97. The number of carboxylic acids is 1. The highest BCUT2D eigenvalue weighted by Gasteiger charge is 2.62. The van der Waals surface area contributed by atoms with Crippen LogP contribution in [0.4, 0.5) is 8.78 Å². The Morgan fingerprint density at radius 1 is 0.423 bits per heavy atom. The van der Waals surface area contributed by atoms with E-state index in [0.717, 1.165) is 109 Å². The lowest BCUT2D eigenvalue weighted by Crippen LogP contribution is -2.51. The SMILES string of the molecule is C[C@]12CC[C@H]3[C@@H](CCC4=CC(=O)CC[C@@]43C)[C@@H]1CC[C@@H]2C(=O)COCCCCCC(=O)CCCOCCOCC(=O)N1CCN(C(=O)c2cc(Cc3n[nH]c(=O)c4ccccc34)ccc2F)CC1.C[C@]12CC[C@H]3[C@@H](CCC4=CC(=O)CC[C@@]43C)[C@@H]1CC[C@@H]2C(=O)COCCCCCC(=O)O.NCCOCCOCC(=O)N1CCN(C(=O)c2cc(Cc3n[nH]c(=O)c4ccccc34)ccc2F)CC1. The summed E-state index contributed by atoms with van der Waals surface area (Å²) in [5, 5.41) is 24.5. The smallest absolute Gasteiger partial charge is 0.303 e. The molecule has 6 saturated carbocycles. The van der Waals surface area contributed by atoms with Gasteiger partial charge in [0, 0.05) is 146 Å². The van der Waals surface area contributed by atoms with E-state index < -0.39 is 29.4 Å². The van der Waals surface area contributed by atoms with Crippen LogP contribution in [-0.4, -0.2) is 242 Å². The summed E-state index contributed by atoms with van der Waals surface area (Å²) < 4.78 is 62.9. The number of aliphatic carboxylic acids is 1. The average molecular weight is 1890 g/mol. The van der Waals surface area contributed by atoms with Crippen LogP contribution in [0, 0.1) is 80.6 Å². The van der Waals surface area contributed by atoms with E-state index in [2.05, 4.69) is 48.1 Å². The van der Waals surface area contributed by atoms with Crippen LogP contribution < -0.4 is 16.9 Å². The first kappa shape index (κ1) is 103. The summed E-state index contributed by atoms with van der Waals surface area (Å²) in [6.45, 7) is 15.7. The molecule has 4 heterocycles. The van der Waals surface area contributed by atoms with Crippen molar-refractivity contribution in [3.05, 3.63) is 174 Å². The Morgan fingerprint density at radius 2 is 0.818 bits per heavy atom. The Kier molecular flexibility index (Phi) is 35.8. The van der Waals surface area contributed by atoms with E-state index in [-0.39, 0.29) is 137 Å². The molecule has 12 atom stereocenters. The first-order chi connectivity index (χ1) is 66.1. The van der Waals surface area contributed by atoms with E-state index in [1.807, 2.05) is 36.4 Å². The predicted molar refractivity (Wildman–Crippen MR) is 511 cm³/mol. The number of carbonyl (C=O) groups excluding carboxylic acids is 9. The largest absolute Gasteiger partial charge is 0.481 e. The summed E-state index contributed by atoms with van der Waals surface area (Å²) >= 11 is 0. The number of fused-ring (bicyclic) bond motifs is 12. The summed E-state index contributed by atoms with van der Waals surface area (Å²) in [7, 11) is 0. The Balaban J connectivity index is 0.000000182. The normalized spacial score (nSPS) is 25.5. The number of ketones is 5. The van der Waals surface area contributed by atoms with E-state index in [0.29, 0.717) is 235 Å². The number of amides is 4. The highest BCUT2D eigenvalue weighted by atomic mass is 19.1. The number of Topliss-reactive ketones (excluding diaryl/α,β-unsaturated/α-hetero) is 3. The lowest BCUT2D eigenvalue weighted by Gasteiger charge is -2.58. The van der Waals surface area contributed by atoms with Crippen molar-refractivity contribution in [1.82, 2.24) is 40.0 Å². The number of nitrogens with two attached hydrogens (primary N) is 1. The molecule has 2 saturated heterocycles. The number of halogens is 2. The fourth-order valence-corrected chi connectivity index (χ4v) is 25.0. The molecular weight excluding hydrogens is 1750 g/mol. The van der Waals surface area contributed by atoms with Gasteiger partial charge in [-0.05, 0) is 239 Å². The molecule has 6 aromatic rings. The van der Waals surface area contributed by atoms with Gasteiger partial charge in [0.05, 0.1) is 66.3 Å². The van der Waals surface area contributed by atoms with Gasteiger partial charge in [0.1, 0.15) is 43.8 Å². The third-order valence-corrected chi connectivity index (χ3v) is 32.5. The van der Waals surface area contributed by atoms with Gasteiger partial charge in [-0.3, -0.25) is 57.5 Å². The number of benzene rings is 4. The van der Waals surface area contributed by atoms with Crippen molar-refractivity contribution in [2.45, 2.75) is 207 Å². The molecule has 16 rings (SSSR count). The zero-order valence-electron chi connectivity index (χ0n) is 80.3. The molecule has 30 heteroatoms. The maximum atomic E-state index is 14.9. The predicted octanol–water partition coefficient (Wildman–Crippen LogP) is 13.9. The van der Waals surface area contributed by atoms with E-state index in [9.17, 15) is 66.3 Å². The molecule has 2 aliphatic heterocycles. The summed E-state index contributed by atoms with van der Waals surface area (Å²) in [6, 6.07) is 23.0. The Bertz CT molecular complexity index is 5510. The number of carbonyl (C=O) groups is 10. The van der Waals surface area contributed by atoms with Crippen molar-refractivity contribution in [1.29, 1.82) is 0 Å². The van der Waals surface area contributed by atoms with Crippen molar-refractivity contribution < 1.29 is 90.3 Å². The minimum Gasteiger partial charge on any atom is -0.481 e. The molecule has 8 aliphatic carbocycles. The van der Waals surface area contributed by atoms with E-state index in [4.69, 9.17) is 39.3 Å². The molecule has 4 aromatic carbocycles. The number of nitrogens with one attached hydrogen (secondary N) is 2. The van der Waals surface area contributed by atoms with Crippen molar-refractivity contribution in [2.75, 3.05) is 138 Å². The number of H-pyrrole nitrogens is 2. The van der Waals surface area contributed by atoms with Crippen molar-refractivity contribution in [3.63, 3.8) is 0 Å². The number of allylic oxidation sites excluding steroid dienone is 2. The van der Waals surface area contributed by atoms with Crippen molar-refractivity contribution in [3.8, 4) is 0 Å². The number of hydrogen-bond donors (Lipinski definition) is 4. The maximum absolute atomic E-state index is 14.9. The molecular formula is C107H139F2N9O19. The van der Waals surface area contributed by atoms with Gasteiger partial charge in [0.2, 0.25) is 11.8 Å². The van der Waals surface area contributed by atoms with E-state index in [1.54, 1.807) is 56.0 Å². The topological polar surface area (TPSA) is 377 Å². The van der Waals surface area contributed by atoms with Crippen LogP contribution in [0.2, 0.25) is 0 Å². The summed E-state index contributed by atoms with van der Waals surface area (Å²) in [6.07, 6.45) is 27.6. The number of unbranched alkanes of at least 4 members (excludes halogenated alkanes) is 4. The third-order valence-electron chi connectivity index (χ3n) is 32.5. The third kappa shape index (κ3) is 24.9. The molecule has 0 unspecified atom stereocenters. The molecule has 8 fully saturated rings. The van der Waals surface area contributed by atoms with Gasteiger partial charge >= 0.3 is 5.97 Å². The number of nitrogens with zero attached hydrogens (tertiary/aromatic N) is 6. The quantitative estimate of drug-likeness (QED) is 0.0260. The summed E-state index contributed by atoms with van der Waals surface area (Å²) in [4.78, 5) is 156. The highest BCUT2D eigenvalue weighted by Crippen LogP contribution is 2.69. The first-order valence-corrected chi connectivity index (χ1v) is 50.2. The first-order valence-electron chi connectivity index (χ1n) is 50.2. The van der Waals surface area contributed by atoms with Gasteiger partial charge in [-0.15, -0.1) is 0 Å². The molecule has 2 aromatic heterocycles. The molecule has 4 amide bonds. The van der Waals surface area contributed by atoms with Gasteiger partial charge in [-0.1, -0.05) is 100 Å². The second-order valence-electron chi connectivity index (χ2n) is 40.5. The molecule has 740 valence electrons. The minimum atomic E-state index is -0.754. The zero-order chi connectivity index (χ0) is 97.0. The Morgan fingerprint density at radius 3 is 1.26 bits per heavy atom. The second kappa shape index (κ2) is 47.7. The molecule has 137 heavy (non-hydrogen) atoms. The second-order valence-corrected chi connectivity index (χ2v) is 40.5. The van der Waals surface area contributed by atoms with Gasteiger partial charge in [0.25, 0.3) is 22.9 Å². The van der Waals surface area contributed by atoms with Crippen LogP contribution in [0.3, 0.4) is 0 Å². The molecule has 0 spiro atoms. The molecule has 5 N–H and O–H groups in total. The van der Waals surface area contributed by atoms with E-state index in [1.165, 1.54) is 48.3 Å². The molecule has 0 bridgehead atoms. The van der Waals surface area contributed by atoms with Gasteiger partial charge in [-0.2, -0.15) is 10.2 Å². The van der Waals surface area contributed by atoms with Crippen LogP contribution in [0.5, 0.6) is 0 Å². The van der Waals surface area contributed by atoms with Crippen LogP contribution >= 0.6 is 0 Å². The van der Waals surface area contributed by atoms with Gasteiger partial charge < -0.3 is 58.9 Å². The lowest BCUT2D eigenvalue weighted by molar-refractivity contribution is -0.138. The van der Waals surface area contributed by atoms with Gasteiger partial charge in [0.15, 0.2) is 23.1 Å². The number of aromatic amines is 2. The number of carboxylic acid groups (broad SMARTS) is 1. The van der Waals surface area contributed by atoms with Crippen LogP contribution in [0.1, 0.15) is 238 Å². The van der Waals surface area contributed by atoms with Crippen molar-refractivity contribution in [2.24, 2.45) is 74.7 Å². The van der Waals surface area contributed by atoms with Gasteiger partial charge in [-0.25, -0.2) is 19.0 Å². The molecule has 0 radical (unpaired) electrons. The maximum Gasteiger partial charge on any atom is 0.303 e. The van der Waals surface area contributed by atoms with Crippen LogP contribution in [0.15, 0.2) is 118 Å². The summed E-state index contributed by atoms with van der Waals surface area (Å²) in [5.41, 5.74) is 10.5. The number of aromatic nitrogens is 4. The fourth-order valence-electron chi connectivity index (χ4n) is 25.0. The van der Waals surface area contributed by atoms with Crippen LogP contribution in [0.25, 0.3) is 21.5 Å². The average Bonchev–Trinajstić information content (AvgIpc) is 1.64. The Hall–Kier alpha value is -10.1. The fraction of sp³-hybridized carbons (Fsp3) is 0.607.